The molecule has 0 amide bonds. The average molecular weight is 264 g/mol. The van der Waals surface area contributed by atoms with Crippen LogP contribution in [0.25, 0.3) is 0 Å². The highest BCUT2D eigenvalue weighted by Gasteiger charge is 2.32. The number of ether oxygens (including phenoxy) is 2. The van der Waals surface area contributed by atoms with Crippen LogP contribution in [0.3, 0.4) is 0 Å². The second-order valence-electron chi connectivity index (χ2n) is 3.46. The predicted octanol–water partition coefficient (Wildman–Crippen LogP) is 2.13. The molecule has 7 heteroatoms. The van der Waals surface area contributed by atoms with Crippen molar-refractivity contribution in [3.8, 4) is 5.75 Å². The molecule has 0 aliphatic rings. The van der Waals surface area contributed by atoms with E-state index >= 15 is 0 Å². The molecule has 1 rings (SSSR count). The van der Waals surface area contributed by atoms with Crippen LogP contribution in [0.1, 0.15) is 18.5 Å². The lowest BCUT2D eigenvalue weighted by Crippen LogP contribution is -2.32. The van der Waals surface area contributed by atoms with Gasteiger partial charge in [0.15, 0.2) is 0 Å². The first kappa shape index (κ1) is 14.7. The topological polar surface area (TPSA) is 56.5 Å². The number of rotatable bonds is 6. The highest BCUT2D eigenvalue weighted by Crippen LogP contribution is 2.30. The lowest BCUT2D eigenvalue weighted by Gasteiger charge is -2.20. The first-order valence-corrected chi connectivity index (χ1v) is 5.36. The standard InChI is InChI=1S/C11H15F3N2O2/c1-2-17-7-9(16-15)8-5-3-4-6-10(8)18-11(12,13)14/h3-6,9,16H,2,7,15H2,1H3. The molecule has 102 valence electrons. The van der Waals surface area contributed by atoms with Crippen molar-refractivity contribution in [3.05, 3.63) is 29.8 Å². The fourth-order valence-electron chi connectivity index (χ4n) is 1.45. The molecule has 1 aromatic rings. The largest absolute Gasteiger partial charge is 0.573 e. The molecule has 0 heterocycles. The Bertz CT molecular complexity index is 372. The zero-order valence-electron chi connectivity index (χ0n) is 9.83. The van der Waals surface area contributed by atoms with Crippen LogP contribution in [0, 0.1) is 0 Å². The van der Waals surface area contributed by atoms with Crippen molar-refractivity contribution >= 4 is 0 Å². The summed E-state index contributed by atoms with van der Waals surface area (Å²) in [5, 5.41) is 0. The molecule has 0 saturated heterocycles. The first-order valence-electron chi connectivity index (χ1n) is 5.36. The van der Waals surface area contributed by atoms with E-state index in [1.807, 2.05) is 0 Å². The highest BCUT2D eigenvalue weighted by atomic mass is 19.4. The molecule has 0 aliphatic heterocycles. The molecule has 0 aromatic heterocycles. The van der Waals surface area contributed by atoms with E-state index in [1.165, 1.54) is 18.2 Å². The van der Waals surface area contributed by atoms with Gasteiger partial charge in [0.05, 0.1) is 12.6 Å². The van der Waals surface area contributed by atoms with Crippen LogP contribution in [0.15, 0.2) is 24.3 Å². The van der Waals surface area contributed by atoms with Gasteiger partial charge in [-0.1, -0.05) is 18.2 Å². The number of hydrazine groups is 1. The zero-order valence-corrected chi connectivity index (χ0v) is 9.83. The van der Waals surface area contributed by atoms with Crippen molar-refractivity contribution in [3.63, 3.8) is 0 Å². The van der Waals surface area contributed by atoms with E-state index in [0.29, 0.717) is 12.2 Å². The third-order valence-electron chi connectivity index (χ3n) is 2.21. The van der Waals surface area contributed by atoms with Gasteiger partial charge in [0.2, 0.25) is 0 Å². The first-order chi connectivity index (χ1) is 8.48. The number of nitrogens with one attached hydrogen (secondary N) is 1. The van der Waals surface area contributed by atoms with Crippen molar-refractivity contribution < 1.29 is 22.6 Å². The van der Waals surface area contributed by atoms with Crippen LogP contribution in [0.5, 0.6) is 5.75 Å². The van der Waals surface area contributed by atoms with Crippen LogP contribution < -0.4 is 16.0 Å². The van der Waals surface area contributed by atoms with Gasteiger partial charge < -0.3 is 9.47 Å². The Kier molecular flexibility index (Phi) is 5.39. The van der Waals surface area contributed by atoms with Crippen LogP contribution in [-0.4, -0.2) is 19.6 Å². The summed E-state index contributed by atoms with van der Waals surface area (Å²) >= 11 is 0. The van der Waals surface area contributed by atoms with E-state index in [9.17, 15) is 13.2 Å². The van der Waals surface area contributed by atoms with Crippen molar-refractivity contribution in [1.82, 2.24) is 5.43 Å². The third kappa shape index (κ3) is 4.52. The SMILES string of the molecule is CCOCC(NN)c1ccccc1OC(F)(F)F. The van der Waals surface area contributed by atoms with E-state index in [-0.39, 0.29) is 12.4 Å². The molecule has 1 aromatic carbocycles. The maximum Gasteiger partial charge on any atom is 0.573 e. The van der Waals surface area contributed by atoms with Crippen LogP contribution >= 0.6 is 0 Å². The number of hydrogen-bond acceptors (Lipinski definition) is 4. The van der Waals surface area contributed by atoms with Crippen molar-refractivity contribution in [2.24, 2.45) is 5.84 Å². The van der Waals surface area contributed by atoms with E-state index in [1.54, 1.807) is 13.0 Å². The number of halogens is 3. The number of para-hydroxylation sites is 1. The van der Waals surface area contributed by atoms with E-state index in [4.69, 9.17) is 10.6 Å². The van der Waals surface area contributed by atoms with Crippen LogP contribution in [-0.2, 0) is 4.74 Å². The summed E-state index contributed by atoms with van der Waals surface area (Å²) in [5.41, 5.74) is 2.70. The van der Waals surface area contributed by atoms with E-state index in [0.717, 1.165) is 0 Å². The van der Waals surface area contributed by atoms with Crippen molar-refractivity contribution in [1.29, 1.82) is 0 Å². The Morgan fingerprint density at radius 2 is 2.00 bits per heavy atom. The fourth-order valence-corrected chi connectivity index (χ4v) is 1.45. The second kappa shape index (κ2) is 6.58. The maximum absolute atomic E-state index is 12.2. The Morgan fingerprint density at radius 3 is 2.56 bits per heavy atom. The third-order valence-corrected chi connectivity index (χ3v) is 2.21. The molecule has 0 radical (unpaired) electrons. The Labute approximate surface area is 103 Å². The average Bonchev–Trinajstić information content (AvgIpc) is 2.30. The molecule has 4 nitrogen and oxygen atoms in total. The monoisotopic (exact) mass is 264 g/mol. The van der Waals surface area contributed by atoms with Gasteiger partial charge in [-0.3, -0.25) is 11.3 Å². The van der Waals surface area contributed by atoms with E-state index < -0.39 is 12.4 Å². The van der Waals surface area contributed by atoms with Gasteiger partial charge in [-0.2, -0.15) is 0 Å². The molecule has 0 saturated carbocycles. The summed E-state index contributed by atoms with van der Waals surface area (Å²) < 4.78 is 45.8. The Morgan fingerprint density at radius 1 is 1.33 bits per heavy atom. The van der Waals surface area contributed by atoms with Gasteiger partial charge in [-0.15, -0.1) is 13.2 Å². The summed E-state index contributed by atoms with van der Waals surface area (Å²) in [5.74, 6) is 5.03. The highest BCUT2D eigenvalue weighted by molar-refractivity contribution is 5.36. The quantitative estimate of drug-likeness (QED) is 0.610. The maximum atomic E-state index is 12.2. The predicted molar refractivity (Wildman–Crippen MR) is 59.7 cm³/mol. The number of benzene rings is 1. The Balaban J connectivity index is 2.91. The van der Waals surface area contributed by atoms with Gasteiger partial charge in [-0.05, 0) is 13.0 Å². The molecule has 1 atom stereocenters. The minimum absolute atomic E-state index is 0.158. The summed E-state index contributed by atoms with van der Waals surface area (Å²) in [6.45, 7) is 2.39. The number of nitrogens with two attached hydrogens (primary N) is 1. The Hall–Kier alpha value is -1.31. The van der Waals surface area contributed by atoms with Crippen LogP contribution in [0.2, 0.25) is 0 Å². The lowest BCUT2D eigenvalue weighted by molar-refractivity contribution is -0.275. The van der Waals surface area contributed by atoms with Gasteiger partial charge in [0.1, 0.15) is 5.75 Å². The molecule has 3 N–H and O–H groups in total. The number of alkyl halides is 3. The molecule has 0 bridgehead atoms. The molecule has 1 unspecified atom stereocenters. The molecule has 18 heavy (non-hydrogen) atoms. The summed E-state index contributed by atoms with van der Waals surface area (Å²) in [4.78, 5) is 0. The van der Waals surface area contributed by atoms with Crippen molar-refractivity contribution in [2.45, 2.75) is 19.3 Å². The minimum Gasteiger partial charge on any atom is -0.405 e. The minimum atomic E-state index is -4.74. The van der Waals surface area contributed by atoms with Gasteiger partial charge in [0.25, 0.3) is 0 Å². The second-order valence-corrected chi connectivity index (χ2v) is 3.46. The molecular weight excluding hydrogens is 249 g/mol. The van der Waals surface area contributed by atoms with Gasteiger partial charge in [0, 0.05) is 12.2 Å². The number of hydrogen-bond donors (Lipinski definition) is 2. The van der Waals surface area contributed by atoms with Gasteiger partial charge in [-0.25, -0.2) is 0 Å². The summed E-state index contributed by atoms with van der Waals surface area (Å²) in [6, 6.07) is 5.24. The normalized spacial score (nSPS) is 13.4. The molecule has 0 fully saturated rings. The summed E-state index contributed by atoms with van der Waals surface area (Å²) in [6.07, 6.45) is -4.74. The molecule has 0 aliphatic carbocycles. The van der Waals surface area contributed by atoms with Crippen LogP contribution in [0.4, 0.5) is 13.2 Å². The van der Waals surface area contributed by atoms with E-state index in [2.05, 4.69) is 10.2 Å². The lowest BCUT2D eigenvalue weighted by atomic mass is 10.1. The smallest absolute Gasteiger partial charge is 0.405 e. The summed E-state index contributed by atoms with van der Waals surface area (Å²) in [7, 11) is 0. The molecular formula is C11H15F3N2O2. The molecule has 0 spiro atoms. The van der Waals surface area contributed by atoms with Crippen molar-refractivity contribution in [2.75, 3.05) is 13.2 Å². The zero-order chi connectivity index (χ0) is 13.6. The van der Waals surface area contributed by atoms with Gasteiger partial charge >= 0.3 is 6.36 Å². The fraction of sp³-hybridized carbons (Fsp3) is 0.455.